The van der Waals surface area contributed by atoms with E-state index in [-0.39, 0.29) is 57.0 Å². The van der Waals surface area contributed by atoms with Crippen molar-refractivity contribution < 1.29 is 64.4 Å². The molecule has 3 rings (SSSR count). The number of benzene rings is 2. The molecule has 0 bridgehead atoms. The number of para-hydroxylation sites is 1. The van der Waals surface area contributed by atoms with Gasteiger partial charge in [-0.15, -0.1) is 18.0 Å². The van der Waals surface area contributed by atoms with E-state index in [2.05, 4.69) is 111 Å². The van der Waals surface area contributed by atoms with Crippen LogP contribution in [0.2, 0.25) is 39.3 Å². The molecule has 1 heterocycles. The molecule has 2 aromatic carbocycles. The number of nitrogens with zero attached hydrogens (tertiary/aromatic N) is 3. The normalized spacial score (nSPS) is 11.6. The van der Waals surface area contributed by atoms with Gasteiger partial charge in [0.15, 0.2) is 0 Å². The molecule has 49 heavy (non-hydrogen) atoms. The van der Waals surface area contributed by atoms with Crippen LogP contribution in [0.25, 0.3) is 20.9 Å². The molecule has 3 aromatic rings. The zero-order valence-corrected chi connectivity index (χ0v) is 38.1. The third-order valence-corrected chi connectivity index (χ3v) is 11.9. The Bertz CT molecular complexity index is 1280. The van der Waals surface area contributed by atoms with Crippen molar-refractivity contribution in [2.24, 2.45) is 0 Å². The second kappa shape index (κ2) is 24.3. The number of fused-ring (bicyclic) bond motifs is 1. The molecule has 0 saturated carbocycles. The molecule has 0 aliphatic heterocycles. The van der Waals surface area contributed by atoms with Gasteiger partial charge in [0, 0.05) is 34.6 Å². The Labute approximate surface area is 334 Å². The first-order valence-electron chi connectivity index (χ1n) is 16.7. The fraction of sp³-hybridized carbons (Fsp3) is 0.605. The largest absolute Gasteiger partial charge is 3.00 e. The standard InChI is InChI=1S/C24H29N2O.C6H18NSi2.2C4H10O2.Sm/c1-23(2,3)18-13-17(22(27)19(14-18)24(4,5)6)15-26-20-11-7-9-16-10-8-12-25-21(16)20;1-8(2,3)7-9(4,5)6;2*1-5-3-4-6-2;/h7-14,27H,15H2,1-6H3;1-6H3;2*3-4H2,1-2H3;/q2*-1;;;+3/p-1. The fourth-order valence-electron chi connectivity index (χ4n) is 4.52. The minimum absolute atomic E-state index is 0. The van der Waals surface area contributed by atoms with Gasteiger partial charge in [-0.1, -0.05) is 145 Å². The topological polar surface area (TPSA) is 101 Å². The zero-order chi connectivity index (χ0) is 37.2. The number of rotatable bonds is 11. The second-order valence-corrected chi connectivity index (χ2v) is 25.2. The van der Waals surface area contributed by atoms with Crippen LogP contribution in [0.5, 0.6) is 5.75 Å². The Morgan fingerprint density at radius 2 is 1.16 bits per heavy atom. The summed E-state index contributed by atoms with van der Waals surface area (Å²) >= 11 is 0. The van der Waals surface area contributed by atoms with E-state index in [1.54, 1.807) is 34.6 Å². The van der Waals surface area contributed by atoms with Crippen molar-refractivity contribution in [2.75, 3.05) is 54.9 Å². The number of ether oxygens (including phenoxy) is 4. The summed E-state index contributed by atoms with van der Waals surface area (Å²) in [6.45, 7) is 29.7. The summed E-state index contributed by atoms with van der Waals surface area (Å²) in [7, 11) is 4.40. The Morgan fingerprint density at radius 3 is 1.55 bits per heavy atom. The van der Waals surface area contributed by atoms with Crippen molar-refractivity contribution >= 4 is 33.1 Å². The van der Waals surface area contributed by atoms with Crippen molar-refractivity contribution in [3.63, 3.8) is 0 Å². The van der Waals surface area contributed by atoms with Gasteiger partial charge in [0.05, 0.1) is 31.9 Å². The SMILES string of the molecule is CC(C)(C)c1cc(C[N-]c2cccc3cccnc23)c([O-])c(C(C)(C)C)c1.COCCOC.COCCOC.C[Si](C)(C)[N-][Si](C)(C)C.[Sm+3]. The average Bonchev–Trinajstić information content (AvgIpc) is 2.96. The maximum Gasteiger partial charge on any atom is 3.00 e. The Morgan fingerprint density at radius 1 is 0.694 bits per heavy atom. The van der Waals surface area contributed by atoms with E-state index in [9.17, 15) is 5.11 Å². The molecule has 0 saturated heterocycles. The molecule has 0 atom stereocenters. The van der Waals surface area contributed by atoms with Crippen LogP contribution in [-0.4, -0.2) is 76.3 Å². The molecule has 1 aromatic heterocycles. The Hall–Kier alpha value is -0.979. The summed E-state index contributed by atoms with van der Waals surface area (Å²) in [6, 6.07) is 14.0. The molecule has 277 valence electrons. The third-order valence-electron chi connectivity index (χ3n) is 6.53. The fourth-order valence-corrected chi connectivity index (χ4v) is 12.6. The Kier molecular flexibility index (Phi) is 24.9. The monoisotopic (exact) mass is 852 g/mol. The van der Waals surface area contributed by atoms with E-state index in [0.29, 0.717) is 33.0 Å². The molecule has 0 unspecified atom stereocenters. The van der Waals surface area contributed by atoms with Crippen LogP contribution in [0.3, 0.4) is 0 Å². The summed E-state index contributed by atoms with van der Waals surface area (Å²) < 4.78 is 23.4. The number of methoxy groups -OCH3 is 4. The first kappa shape index (κ1) is 50.1. The van der Waals surface area contributed by atoms with Gasteiger partial charge >= 0.3 is 40.4 Å². The van der Waals surface area contributed by atoms with Crippen LogP contribution in [0.1, 0.15) is 58.2 Å². The van der Waals surface area contributed by atoms with Crippen molar-refractivity contribution in [3.05, 3.63) is 75.3 Å². The maximum absolute atomic E-state index is 13.1. The summed E-state index contributed by atoms with van der Waals surface area (Å²) in [6.07, 6.45) is 1.78. The van der Waals surface area contributed by atoms with Gasteiger partial charge < -0.3 is 34.0 Å². The maximum atomic E-state index is 13.1. The summed E-state index contributed by atoms with van der Waals surface area (Å²) in [5.74, 6) is 0.104. The molecule has 0 aliphatic carbocycles. The van der Waals surface area contributed by atoms with Crippen LogP contribution in [0, 0.1) is 40.4 Å². The first-order chi connectivity index (χ1) is 22.1. The molecular weight excluding hydrogens is 785 g/mol. The smallest absolute Gasteiger partial charge is 0.872 e. The molecule has 11 heteroatoms. The van der Waals surface area contributed by atoms with Crippen LogP contribution in [-0.2, 0) is 36.3 Å². The van der Waals surface area contributed by atoms with E-state index in [4.69, 9.17) is 9.96 Å². The van der Waals surface area contributed by atoms with Gasteiger partial charge in [-0.05, 0) is 27.8 Å². The predicted octanol–water partition coefficient (Wildman–Crippen LogP) is 9.70. The van der Waals surface area contributed by atoms with Gasteiger partial charge in [0.2, 0.25) is 0 Å². The van der Waals surface area contributed by atoms with E-state index < -0.39 is 16.5 Å². The molecule has 0 fully saturated rings. The van der Waals surface area contributed by atoms with Crippen molar-refractivity contribution in [2.45, 2.75) is 98.2 Å². The summed E-state index contributed by atoms with van der Waals surface area (Å²) in [5, 5.41) is 18.9. The summed E-state index contributed by atoms with van der Waals surface area (Å²) in [4.78, 5) is 4.46. The van der Waals surface area contributed by atoms with Gasteiger partial charge in [0.25, 0.3) is 0 Å². The van der Waals surface area contributed by atoms with E-state index in [0.717, 1.165) is 27.7 Å². The van der Waals surface area contributed by atoms with Crippen LogP contribution in [0.4, 0.5) is 5.69 Å². The van der Waals surface area contributed by atoms with Crippen LogP contribution in [0.15, 0.2) is 48.7 Å². The molecule has 0 aliphatic rings. The second-order valence-electron chi connectivity index (χ2n) is 15.6. The molecule has 0 spiro atoms. The number of aromatic nitrogens is 1. The molecule has 1 radical (unpaired) electrons. The van der Waals surface area contributed by atoms with E-state index in [1.165, 1.54) is 5.56 Å². The quantitative estimate of drug-likeness (QED) is 0.141. The molecular formula is C38H66N3O5Si2Sm. The van der Waals surface area contributed by atoms with E-state index >= 15 is 0 Å². The van der Waals surface area contributed by atoms with Crippen molar-refractivity contribution in [1.29, 1.82) is 0 Å². The Balaban J connectivity index is 0. The van der Waals surface area contributed by atoms with Gasteiger partial charge in [0.1, 0.15) is 0 Å². The van der Waals surface area contributed by atoms with Crippen LogP contribution >= 0.6 is 0 Å². The number of hydrogen-bond donors (Lipinski definition) is 0. The molecule has 8 nitrogen and oxygen atoms in total. The van der Waals surface area contributed by atoms with Gasteiger partial charge in [-0.2, -0.15) is 0 Å². The minimum Gasteiger partial charge on any atom is -0.872 e. The van der Waals surface area contributed by atoms with Crippen molar-refractivity contribution in [3.8, 4) is 5.75 Å². The van der Waals surface area contributed by atoms with Crippen molar-refractivity contribution in [1.82, 2.24) is 4.98 Å². The average molecular weight is 851 g/mol. The predicted molar refractivity (Wildman–Crippen MR) is 209 cm³/mol. The van der Waals surface area contributed by atoms with Gasteiger partial charge in [-0.25, -0.2) is 0 Å². The summed E-state index contributed by atoms with van der Waals surface area (Å²) in [5.41, 5.74) is 4.25. The molecule has 0 amide bonds. The minimum atomic E-state index is -1.11. The van der Waals surface area contributed by atoms with Crippen LogP contribution < -0.4 is 5.11 Å². The molecule has 0 N–H and O–H groups in total. The van der Waals surface area contributed by atoms with Gasteiger partial charge in [-0.3, -0.25) is 4.98 Å². The first-order valence-corrected chi connectivity index (χ1v) is 23.6. The third kappa shape index (κ3) is 22.5. The van der Waals surface area contributed by atoms with E-state index in [1.807, 2.05) is 36.4 Å². The number of pyridine rings is 1. The zero-order valence-electron chi connectivity index (χ0n) is 33.4. The number of hydrogen-bond acceptors (Lipinski definition) is 6.